The third-order valence-corrected chi connectivity index (χ3v) is 6.73. The number of hydrogen-bond acceptors (Lipinski definition) is 8. The zero-order valence-corrected chi connectivity index (χ0v) is 16.7. The highest BCUT2D eigenvalue weighted by molar-refractivity contribution is 8.17. The van der Waals surface area contributed by atoms with E-state index in [9.17, 15) is 24.9 Å². The van der Waals surface area contributed by atoms with Crippen molar-refractivity contribution in [1.82, 2.24) is 5.32 Å². The maximum Gasteiger partial charge on any atom is 0.311 e. The first-order valence-electron chi connectivity index (χ1n) is 8.25. The highest BCUT2D eigenvalue weighted by Crippen LogP contribution is 2.34. The van der Waals surface area contributed by atoms with Gasteiger partial charge in [-0.15, -0.1) is 23.5 Å². The van der Waals surface area contributed by atoms with Crippen molar-refractivity contribution in [3.8, 4) is 0 Å². The van der Waals surface area contributed by atoms with Gasteiger partial charge in [-0.05, 0) is 38.7 Å². The van der Waals surface area contributed by atoms with E-state index in [1.807, 2.05) is 0 Å². The molecule has 1 saturated heterocycles. The molecule has 0 unspecified atom stereocenters. The van der Waals surface area contributed by atoms with Gasteiger partial charge in [0.25, 0.3) is 0 Å². The van der Waals surface area contributed by atoms with Crippen LogP contribution in [0.4, 0.5) is 0 Å². The predicted octanol–water partition coefficient (Wildman–Crippen LogP) is 0.359. The number of aliphatic hydroxyl groups excluding tert-OH is 3. The van der Waals surface area contributed by atoms with Crippen LogP contribution in [0.1, 0.15) is 34.1 Å². The minimum atomic E-state index is -1.55. The van der Waals surface area contributed by atoms with Gasteiger partial charge in [-0.3, -0.25) is 9.59 Å². The Labute approximate surface area is 157 Å². The monoisotopic (exact) mass is 395 g/mol. The zero-order valence-electron chi connectivity index (χ0n) is 15.1. The molecule has 1 aliphatic rings. The van der Waals surface area contributed by atoms with Gasteiger partial charge in [-0.1, -0.05) is 0 Å². The van der Waals surface area contributed by atoms with Crippen molar-refractivity contribution in [3.05, 3.63) is 0 Å². The molecular weight excluding hydrogens is 366 g/mol. The number of nitrogens with one attached hydrogen (secondary N) is 1. The largest absolute Gasteiger partial charge is 0.462 e. The molecular formula is C16H29NO6S2. The van der Waals surface area contributed by atoms with Gasteiger partial charge >= 0.3 is 5.97 Å². The lowest BCUT2D eigenvalue weighted by atomic mass is 9.97. The molecule has 0 radical (unpaired) electrons. The number of aliphatic hydroxyl groups is 3. The smallest absolute Gasteiger partial charge is 0.311 e. The molecule has 7 nitrogen and oxygen atoms in total. The molecule has 0 saturated carbocycles. The van der Waals surface area contributed by atoms with Gasteiger partial charge in [-0.2, -0.15) is 0 Å². The zero-order chi connectivity index (χ0) is 19.2. The fourth-order valence-corrected chi connectivity index (χ4v) is 5.28. The molecule has 0 aliphatic carbocycles. The molecule has 1 aliphatic heterocycles. The normalized spacial score (nSPS) is 21.1. The number of amides is 1. The first kappa shape index (κ1) is 22.6. The second kappa shape index (κ2) is 10.0. The highest BCUT2D eigenvalue weighted by atomic mass is 32.2. The topological polar surface area (TPSA) is 116 Å². The van der Waals surface area contributed by atoms with Crippen LogP contribution in [-0.4, -0.2) is 74.2 Å². The summed E-state index contributed by atoms with van der Waals surface area (Å²) in [5.41, 5.74) is -0.725. The Morgan fingerprint density at radius 3 is 2.20 bits per heavy atom. The fourth-order valence-electron chi connectivity index (χ4n) is 2.18. The van der Waals surface area contributed by atoms with E-state index in [4.69, 9.17) is 4.74 Å². The van der Waals surface area contributed by atoms with Gasteiger partial charge in [0, 0.05) is 6.92 Å². The van der Waals surface area contributed by atoms with Crippen molar-refractivity contribution < 1.29 is 29.6 Å². The Morgan fingerprint density at radius 1 is 1.16 bits per heavy atom. The van der Waals surface area contributed by atoms with Gasteiger partial charge in [0.2, 0.25) is 5.91 Å². The van der Waals surface area contributed by atoms with Gasteiger partial charge in [0.05, 0.1) is 16.0 Å². The number of thioether (sulfide) groups is 2. The van der Waals surface area contributed by atoms with E-state index in [0.29, 0.717) is 0 Å². The molecule has 0 spiro atoms. The lowest BCUT2D eigenvalue weighted by molar-refractivity contribution is -0.161. The Kier molecular flexibility index (Phi) is 9.03. The van der Waals surface area contributed by atoms with Crippen LogP contribution in [-0.2, 0) is 14.3 Å². The fraction of sp³-hybridized carbons (Fsp3) is 0.875. The van der Waals surface area contributed by atoms with Gasteiger partial charge < -0.3 is 25.4 Å². The highest BCUT2D eigenvalue weighted by Gasteiger charge is 2.38. The van der Waals surface area contributed by atoms with E-state index in [0.717, 1.165) is 17.9 Å². The first-order chi connectivity index (χ1) is 11.5. The van der Waals surface area contributed by atoms with Crippen LogP contribution in [0.25, 0.3) is 0 Å². The Hall–Kier alpha value is -0.480. The van der Waals surface area contributed by atoms with E-state index >= 15 is 0 Å². The Balaban J connectivity index is 2.68. The van der Waals surface area contributed by atoms with E-state index in [1.165, 1.54) is 6.92 Å². The second-order valence-electron chi connectivity index (χ2n) is 7.09. The molecule has 0 aromatic heterocycles. The number of carbonyl (C=O) groups is 2. The summed E-state index contributed by atoms with van der Waals surface area (Å²) >= 11 is 3.20. The van der Waals surface area contributed by atoms with Crippen molar-refractivity contribution in [2.24, 2.45) is 5.41 Å². The van der Waals surface area contributed by atoms with Crippen molar-refractivity contribution in [3.63, 3.8) is 0 Å². The molecule has 0 aromatic rings. The molecule has 1 rings (SSSR count). The summed E-state index contributed by atoms with van der Waals surface area (Å²) in [5, 5.41) is 33.5. The molecule has 4 atom stereocenters. The van der Waals surface area contributed by atoms with Crippen LogP contribution >= 0.6 is 23.5 Å². The lowest BCUT2D eigenvalue weighted by Gasteiger charge is -2.36. The van der Waals surface area contributed by atoms with Crippen LogP contribution in [0.2, 0.25) is 0 Å². The summed E-state index contributed by atoms with van der Waals surface area (Å²) in [5.74, 6) is 0.978. The average molecular weight is 396 g/mol. The first-order valence-corrected chi connectivity index (χ1v) is 10.4. The Morgan fingerprint density at radius 2 is 1.72 bits per heavy atom. The van der Waals surface area contributed by atoms with E-state index in [1.54, 1.807) is 44.3 Å². The quantitative estimate of drug-likeness (QED) is 0.457. The molecule has 25 heavy (non-hydrogen) atoms. The van der Waals surface area contributed by atoms with Crippen molar-refractivity contribution in [2.75, 3.05) is 18.1 Å². The van der Waals surface area contributed by atoms with E-state index < -0.39 is 42.3 Å². The van der Waals surface area contributed by atoms with Crippen LogP contribution in [0.3, 0.4) is 0 Å². The number of ether oxygens (including phenoxy) is 1. The Bertz CT molecular complexity index is 450. The van der Waals surface area contributed by atoms with E-state index in [-0.39, 0.29) is 10.5 Å². The summed E-state index contributed by atoms with van der Waals surface area (Å²) in [4.78, 5) is 23.2. The molecule has 1 amide bonds. The molecule has 1 fully saturated rings. The van der Waals surface area contributed by atoms with Crippen LogP contribution in [0.5, 0.6) is 0 Å². The maximum atomic E-state index is 11.7. The lowest BCUT2D eigenvalue weighted by Crippen LogP contribution is -2.56. The van der Waals surface area contributed by atoms with Crippen molar-refractivity contribution in [2.45, 2.75) is 63.1 Å². The van der Waals surface area contributed by atoms with Gasteiger partial charge in [0.15, 0.2) is 0 Å². The van der Waals surface area contributed by atoms with Gasteiger partial charge in [0.1, 0.15) is 24.9 Å². The van der Waals surface area contributed by atoms with Crippen molar-refractivity contribution in [1.29, 1.82) is 0 Å². The summed E-state index contributed by atoms with van der Waals surface area (Å²) < 4.78 is 4.87. The molecule has 146 valence electrons. The summed E-state index contributed by atoms with van der Waals surface area (Å²) in [6.45, 7) is 5.95. The van der Waals surface area contributed by atoms with Crippen LogP contribution in [0, 0.1) is 5.41 Å². The molecule has 0 bridgehead atoms. The second-order valence-corrected chi connectivity index (χ2v) is 9.88. The minimum Gasteiger partial charge on any atom is -0.462 e. The third-order valence-electron chi connectivity index (χ3n) is 3.63. The standard InChI is InChI=1S/C16H29NO6S2/c1-9(18)17-11(14-24-6-5-7-25-14)13(21)12(20)10(19)8-23-15(22)16(2,3)4/h10-14,19-21H,5-8H2,1-4H3,(H,17,18)/t10-,11-,12-,13-/m1/s1. The SMILES string of the molecule is CC(=O)N[C@@H](C1SCCCS1)[C@@H](O)[C@H](O)[C@H](O)COC(=O)C(C)(C)C. The van der Waals surface area contributed by atoms with Crippen molar-refractivity contribution >= 4 is 35.4 Å². The third kappa shape index (κ3) is 7.34. The minimum absolute atomic E-state index is 0.119. The summed E-state index contributed by atoms with van der Waals surface area (Å²) in [7, 11) is 0. The average Bonchev–Trinajstić information content (AvgIpc) is 2.55. The maximum absolute atomic E-state index is 11.7. The number of rotatable bonds is 7. The molecule has 9 heteroatoms. The molecule has 0 aromatic carbocycles. The number of hydrogen-bond donors (Lipinski definition) is 4. The number of esters is 1. The number of carbonyl (C=O) groups excluding carboxylic acids is 2. The van der Waals surface area contributed by atoms with Gasteiger partial charge in [-0.25, -0.2) is 0 Å². The molecule has 1 heterocycles. The molecule has 4 N–H and O–H groups in total. The summed E-state index contributed by atoms with van der Waals surface area (Å²) in [6.07, 6.45) is -3.33. The van der Waals surface area contributed by atoms with Crippen LogP contribution in [0.15, 0.2) is 0 Å². The van der Waals surface area contributed by atoms with E-state index in [2.05, 4.69) is 5.32 Å². The van der Waals surface area contributed by atoms with Crippen LogP contribution < -0.4 is 5.32 Å². The summed E-state index contributed by atoms with van der Waals surface area (Å²) in [6, 6.07) is -0.712. The predicted molar refractivity (Wildman–Crippen MR) is 99.4 cm³/mol.